The lowest BCUT2D eigenvalue weighted by atomic mass is 10.0. The smallest absolute Gasteiger partial charge is 0.306 e. The Kier molecular flexibility index (Phi) is 6.56. The normalized spacial score (nSPS) is 27.9. The van der Waals surface area contributed by atoms with Crippen LogP contribution in [0.25, 0.3) is 0 Å². The molecule has 0 aromatic rings. The Labute approximate surface area is 105 Å². The fourth-order valence-electron chi connectivity index (χ4n) is 2.12. The monoisotopic (exact) mass is 242 g/mol. The van der Waals surface area contributed by atoms with Gasteiger partial charge in [0.2, 0.25) is 0 Å². The third-order valence-corrected chi connectivity index (χ3v) is 3.00. The summed E-state index contributed by atoms with van der Waals surface area (Å²) in [5, 5.41) is 0. The predicted molar refractivity (Wildman–Crippen MR) is 67.8 cm³/mol. The number of hydrogen-bond donors (Lipinski definition) is 0. The molecule has 0 N–H and O–H groups in total. The maximum atomic E-state index is 11.4. The van der Waals surface area contributed by atoms with Gasteiger partial charge in [-0.1, -0.05) is 26.7 Å². The van der Waals surface area contributed by atoms with Gasteiger partial charge >= 0.3 is 5.97 Å². The third-order valence-electron chi connectivity index (χ3n) is 3.00. The maximum absolute atomic E-state index is 11.4. The second-order valence-electron chi connectivity index (χ2n) is 5.48. The molecule has 17 heavy (non-hydrogen) atoms. The van der Waals surface area contributed by atoms with Gasteiger partial charge in [-0.05, 0) is 25.7 Å². The highest BCUT2D eigenvalue weighted by atomic mass is 16.5. The molecule has 0 aromatic carbocycles. The van der Waals surface area contributed by atoms with Crippen LogP contribution >= 0.6 is 0 Å². The first-order chi connectivity index (χ1) is 8.08. The van der Waals surface area contributed by atoms with E-state index in [9.17, 15) is 4.79 Å². The zero-order chi connectivity index (χ0) is 12.7. The summed E-state index contributed by atoms with van der Waals surface area (Å²) in [5.41, 5.74) is 0. The molecule has 0 amide bonds. The average Bonchev–Trinajstić information content (AvgIpc) is 2.24. The topological polar surface area (TPSA) is 35.5 Å². The van der Waals surface area contributed by atoms with Crippen LogP contribution < -0.4 is 0 Å². The molecule has 0 spiro atoms. The van der Waals surface area contributed by atoms with Crippen LogP contribution in [0.3, 0.4) is 0 Å². The molecule has 1 saturated heterocycles. The molecule has 100 valence electrons. The van der Waals surface area contributed by atoms with E-state index in [-0.39, 0.29) is 18.2 Å². The second-order valence-corrected chi connectivity index (χ2v) is 5.48. The van der Waals surface area contributed by atoms with Gasteiger partial charge < -0.3 is 9.47 Å². The summed E-state index contributed by atoms with van der Waals surface area (Å²) in [7, 11) is 0. The molecule has 3 heteroatoms. The van der Waals surface area contributed by atoms with Crippen molar-refractivity contribution < 1.29 is 14.3 Å². The Morgan fingerprint density at radius 3 is 2.82 bits per heavy atom. The maximum Gasteiger partial charge on any atom is 0.306 e. The molecular weight excluding hydrogens is 216 g/mol. The minimum absolute atomic E-state index is 0.0160. The van der Waals surface area contributed by atoms with Gasteiger partial charge in [0.05, 0.1) is 6.10 Å². The first-order valence-electron chi connectivity index (χ1n) is 6.89. The van der Waals surface area contributed by atoms with Crippen LogP contribution in [0.15, 0.2) is 0 Å². The zero-order valence-corrected chi connectivity index (χ0v) is 11.4. The van der Waals surface area contributed by atoms with E-state index in [1.54, 1.807) is 0 Å². The van der Waals surface area contributed by atoms with Crippen LogP contribution in [-0.2, 0) is 14.3 Å². The lowest BCUT2D eigenvalue weighted by molar-refractivity contribution is -0.150. The molecule has 1 rings (SSSR count). The van der Waals surface area contributed by atoms with Crippen molar-refractivity contribution in [3.05, 3.63) is 0 Å². The number of ether oxygens (including phenoxy) is 2. The molecule has 0 aliphatic carbocycles. The molecule has 2 unspecified atom stereocenters. The standard InChI is InChI=1S/C14H26O3/c1-11(2)10-16-13-7-5-4-6-8-14(15)17-12(3)9-13/h11-13H,4-10H2,1-3H3. The third kappa shape index (κ3) is 6.67. The quantitative estimate of drug-likeness (QED) is 0.712. The lowest BCUT2D eigenvalue weighted by Crippen LogP contribution is -2.25. The van der Waals surface area contributed by atoms with E-state index in [1.165, 1.54) is 0 Å². The van der Waals surface area contributed by atoms with Gasteiger partial charge in [0.1, 0.15) is 6.10 Å². The number of rotatable bonds is 3. The second kappa shape index (κ2) is 7.70. The summed E-state index contributed by atoms with van der Waals surface area (Å²) >= 11 is 0. The Morgan fingerprint density at radius 2 is 2.12 bits per heavy atom. The molecule has 0 radical (unpaired) electrons. The van der Waals surface area contributed by atoms with Crippen molar-refractivity contribution in [1.82, 2.24) is 0 Å². The Hall–Kier alpha value is -0.570. The van der Waals surface area contributed by atoms with Crippen molar-refractivity contribution in [1.29, 1.82) is 0 Å². The van der Waals surface area contributed by atoms with Crippen LogP contribution in [0.1, 0.15) is 59.3 Å². The van der Waals surface area contributed by atoms with E-state index in [1.807, 2.05) is 6.92 Å². The largest absolute Gasteiger partial charge is 0.463 e. The van der Waals surface area contributed by atoms with Gasteiger partial charge in [-0.25, -0.2) is 0 Å². The van der Waals surface area contributed by atoms with Crippen LogP contribution in [0, 0.1) is 5.92 Å². The van der Waals surface area contributed by atoms with Gasteiger partial charge in [0.15, 0.2) is 0 Å². The molecular formula is C14H26O3. The first kappa shape index (κ1) is 14.5. The fourth-order valence-corrected chi connectivity index (χ4v) is 2.12. The molecule has 0 saturated carbocycles. The van der Waals surface area contributed by atoms with Crippen molar-refractivity contribution >= 4 is 5.97 Å². The van der Waals surface area contributed by atoms with Crippen molar-refractivity contribution in [2.24, 2.45) is 5.92 Å². The number of carbonyl (C=O) groups is 1. The van der Waals surface area contributed by atoms with Gasteiger partial charge in [-0.15, -0.1) is 0 Å². The minimum Gasteiger partial charge on any atom is -0.463 e. The summed E-state index contributed by atoms with van der Waals surface area (Å²) in [5.74, 6) is 0.505. The molecule has 2 atom stereocenters. The summed E-state index contributed by atoms with van der Waals surface area (Å²) in [6.45, 7) is 7.07. The molecule has 1 aliphatic heterocycles. The number of hydrogen-bond acceptors (Lipinski definition) is 3. The van der Waals surface area contributed by atoms with Gasteiger partial charge in [0.25, 0.3) is 0 Å². The van der Waals surface area contributed by atoms with E-state index in [4.69, 9.17) is 9.47 Å². The van der Waals surface area contributed by atoms with E-state index in [0.29, 0.717) is 12.3 Å². The molecule has 1 heterocycles. The highest BCUT2D eigenvalue weighted by molar-refractivity contribution is 5.69. The van der Waals surface area contributed by atoms with E-state index < -0.39 is 0 Å². The zero-order valence-electron chi connectivity index (χ0n) is 11.4. The number of cyclic esters (lactones) is 1. The summed E-state index contributed by atoms with van der Waals surface area (Å²) in [6.07, 6.45) is 5.93. The van der Waals surface area contributed by atoms with E-state index >= 15 is 0 Å². The minimum atomic E-state index is -0.0537. The summed E-state index contributed by atoms with van der Waals surface area (Å²) in [4.78, 5) is 11.4. The molecule has 0 aromatic heterocycles. The van der Waals surface area contributed by atoms with Crippen molar-refractivity contribution in [2.45, 2.75) is 71.5 Å². The predicted octanol–water partition coefficient (Wildman–Crippen LogP) is 3.31. The van der Waals surface area contributed by atoms with Crippen molar-refractivity contribution in [3.63, 3.8) is 0 Å². The van der Waals surface area contributed by atoms with Crippen LogP contribution in [0.2, 0.25) is 0 Å². The highest BCUT2D eigenvalue weighted by Crippen LogP contribution is 2.18. The van der Waals surface area contributed by atoms with E-state index in [0.717, 1.165) is 38.7 Å². The van der Waals surface area contributed by atoms with Crippen LogP contribution in [0.5, 0.6) is 0 Å². The summed E-state index contributed by atoms with van der Waals surface area (Å²) < 4.78 is 11.2. The van der Waals surface area contributed by atoms with Gasteiger partial charge in [-0.3, -0.25) is 4.79 Å². The van der Waals surface area contributed by atoms with E-state index in [2.05, 4.69) is 13.8 Å². The Bertz CT molecular complexity index is 226. The molecule has 3 nitrogen and oxygen atoms in total. The lowest BCUT2D eigenvalue weighted by Gasteiger charge is -2.24. The number of carbonyl (C=O) groups excluding carboxylic acids is 1. The molecule has 0 bridgehead atoms. The van der Waals surface area contributed by atoms with Crippen molar-refractivity contribution in [3.8, 4) is 0 Å². The molecule has 1 fully saturated rings. The highest BCUT2D eigenvalue weighted by Gasteiger charge is 2.18. The SMILES string of the molecule is CC(C)COC1CCCCCC(=O)OC(C)C1. The van der Waals surface area contributed by atoms with Crippen LogP contribution in [0.4, 0.5) is 0 Å². The number of esters is 1. The Balaban J connectivity index is 2.41. The Morgan fingerprint density at radius 1 is 1.35 bits per heavy atom. The van der Waals surface area contributed by atoms with Crippen LogP contribution in [-0.4, -0.2) is 24.8 Å². The first-order valence-corrected chi connectivity index (χ1v) is 6.89. The summed E-state index contributed by atoms with van der Waals surface area (Å²) in [6, 6.07) is 0. The van der Waals surface area contributed by atoms with Gasteiger partial charge in [0, 0.05) is 19.4 Å². The fraction of sp³-hybridized carbons (Fsp3) is 0.929. The average molecular weight is 242 g/mol. The molecule has 1 aliphatic rings. The van der Waals surface area contributed by atoms with Gasteiger partial charge in [-0.2, -0.15) is 0 Å². The van der Waals surface area contributed by atoms with Crippen molar-refractivity contribution in [2.75, 3.05) is 6.61 Å².